The molecule has 0 aliphatic carbocycles. The topological polar surface area (TPSA) is 102 Å². The van der Waals surface area contributed by atoms with Crippen LogP contribution in [-0.2, 0) is 20.0 Å². The summed E-state index contributed by atoms with van der Waals surface area (Å²) in [7, 11) is -5.94. The number of nitrogens with one attached hydrogen (secondary N) is 2. The Morgan fingerprint density at radius 2 is 1.44 bits per heavy atom. The Labute approximate surface area is 148 Å². The number of hydrogen-bond acceptors (Lipinski definition) is 5. The van der Waals surface area contributed by atoms with E-state index in [0.717, 1.165) is 6.26 Å². The number of anilines is 2. The molecule has 2 rings (SSSR count). The summed E-state index contributed by atoms with van der Waals surface area (Å²) < 4.78 is 58.4. The first-order chi connectivity index (χ1) is 11.5. The van der Waals surface area contributed by atoms with Crippen molar-refractivity contribution in [3.05, 3.63) is 47.5 Å². The van der Waals surface area contributed by atoms with E-state index in [9.17, 15) is 16.8 Å². The fourth-order valence-electron chi connectivity index (χ4n) is 2.33. The maximum atomic E-state index is 12.8. The summed E-state index contributed by atoms with van der Waals surface area (Å²) in [5.74, 6) is 0.593. The zero-order valence-corrected chi connectivity index (χ0v) is 16.0. The predicted octanol–water partition coefficient (Wildman–Crippen LogP) is 2.48. The van der Waals surface area contributed by atoms with Gasteiger partial charge in [0.25, 0.3) is 10.0 Å². The average Bonchev–Trinajstić information content (AvgIpc) is 2.49. The Morgan fingerprint density at radius 1 is 0.880 bits per heavy atom. The fraction of sp³-hybridized carbons (Fsp3) is 0.250. The summed E-state index contributed by atoms with van der Waals surface area (Å²) in [6.07, 6.45) is 0.995. The number of ether oxygens (including phenoxy) is 1. The van der Waals surface area contributed by atoms with Gasteiger partial charge >= 0.3 is 0 Å². The Bertz CT molecular complexity index is 999. The minimum atomic E-state index is -3.91. The minimum Gasteiger partial charge on any atom is -0.496 e. The largest absolute Gasteiger partial charge is 0.496 e. The lowest BCUT2D eigenvalue weighted by molar-refractivity contribution is 0.411. The van der Waals surface area contributed by atoms with Crippen LogP contribution in [0.4, 0.5) is 11.4 Å². The van der Waals surface area contributed by atoms with Gasteiger partial charge in [0.2, 0.25) is 10.0 Å². The molecule has 0 fully saturated rings. The molecular weight excluding hydrogens is 364 g/mol. The summed E-state index contributed by atoms with van der Waals surface area (Å²) >= 11 is 0. The number of benzene rings is 2. The summed E-state index contributed by atoms with van der Waals surface area (Å²) in [6, 6.07) is 9.33. The molecule has 136 valence electrons. The highest BCUT2D eigenvalue weighted by atomic mass is 32.2. The Hall–Kier alpha value is -2.26. The summed E-state index contributed by atoms with van der Waals surface area (Å²) in [6.45, 7) is 3.41. The van der Waals surface area contributed by atoms with Crippen LogP contribution in [0, 0.1) is 13.8 Å². The second-order valence-corrected chi connectivity index (χ2v) is 9.01. The molecule has 0 aliphatic rings. The van der Waals surface area contributed by atoms with Crippen LogP contribution in [0.3, 0.4) is 0 Å². The second kappa shape index (κ2) is 6.93. The van der Waals surface area contributed by atoms with Crippen LogP contribution < -0.4 is 14.2 Å². The van der Waals surface area contributed by atoms with Gasteiger partial charge in [0.1, 0.15) is 5.75 Å². The number of para-hydroxylation sites is 2. The summed E-state index contributed by atoms with van der Waals surface area (Å²) in [5, 5.41) is 0. The lowest BCUT2D eigenvalue weighted by Crippen LogP contribution is -2.17. The van der Waals surface area contributed by atoms with Crippen LogP contribution in [0.5, 0.6) is 5.75 Å². The molecule has 0 unspecified atom stereocenters. The molecule has 0 heterocycles. The van der Waals surface area contributed by atoms with E-state index in [2.05, 4.69) is 9.44 Å². The Balaban J connectivity index is 2.46. The quantitative estimate of drug-likeness (QED) is 0.797. The molecule has 0 bridgehead atoms. The van der Waals surface area contributed by atoms with Crippen molar-refractivity contribution in [2.75, 3.05) is 22.8 Å². The number of aryl methyl sites for hydroxylation is 2. The Kier molecular flexibility index (Phi) is 5.28. The first kappa shape index (κ1) is 19.1. The van der Waals surface area contributed by atoms with Crippen molar-refractivity contribution in [2.24, 2.45) is 0 Å². The molecule has 0 radical (unpaired) electrons. The zero-order chi connectivity index (χ0) is 18.8. The lowest BCUT2D eigenvalue weighted by atomic mass is 10.1. The average molecular weight is 384 g/mol. The lowest BCUT2D eigenvalue weighted by Gasteiger charge is -2.16. The SMILES string of the molecule is COc1cc(C)c(S(=O)(=O)Nc2ccccc2NS(C)(=O)=O)cc1C. The molecule has 7 nitrogen and oxygen atoms in total. The van der Waals surface area contributed by atoms with Gasteiger partial charge in [-0.1, -0.05) is 12.1 Å². The van der Waals surface area contributed by atoms with Gasteiger partial charge in [-0.3, -0.25) is 9.44 Å². The van der Waals surface area contributed by atoms with Crippen molar-refractivity contribution >= 4 is 31.4 Å². The summed E-state index contributed by atoms with van der Waals surface area (Å²) in [5.41, 5.74) is 1.48. The molecule has 0 atom stereocenters. The van der Waals surface area contributed by atoms with E-state index in [1.807, 2.05) is 0 Å². The third kappa shape index (κ3) is 4.64. The third-order valence-electron chi connectivity index (χ3n) is 3.45. The zero-order valence-electron chi connectivity index (χ0n) is 14.3. The number of rotatable bonds is 6. The van der Waals surface area contributed by atoms with Crippen molar-refractivity contribution in [1.29, 1.82) is 0 Å². The smallest absolute Gasteiger partial charge is 0.262 e. The van der Waals surface area contributed by atoms with Crippen LogP contribution >= 0.6 is 0 Å². The first-order valence-corrected chi connectivity index (χ1v) is 10.7. The van der Waals surface area contributed by atoms with Crippen molar-refractivity contribution < 1.29 is 21.6 Å². The highest BCUT2D eigenvalue weighted by Gasteiger charge is 2.20. The van der Waals surface area contributed by atoms with E-state index >= 15 is 0 Å². The number of hydrogen-bond donors (Lipinski definition) is 2. The maximum Gasteiger partial charge on any atom is 0.262 e. The van der Waals surface area contributed by atoms with E-state index < -0.39 is 20.0 Å². The van der Waals surface area contributed by atoms with Crippen molar-refractivity contribution in [2.45, 2.75) is 18.7 Å². The van der Waals surface area contributed by atoms with Gasteiger partial charge in [-0.25, -0.2) is 16.8 Å². The predicted molar refractivity (Wildman–Crippen MR) is 98.2 cm³/mol. The van der Waals surface area contributed by atoms with Crippen LogP contribution in [0.15, 0.2) is 41.3 Å². The molecule has 0 spiro atoms. The molecule has 0 amide bonds. The number of sulfonamides is 2. The van der Waals surface area contributed by atoms with Crippen molar-refractivity contribution in [3.8, 4) is 5.75 Å². The highest BCUT2D eigenvalue weighted by molar-refractivity contribution is 7.93. The van der Waals surface area contributed by atoms with E-state index in [4.69, 9.17) is 4.74 Å². The molecule has 0 saturated heterocycles. The first-order valence-electron chi connectivity index (χ1n) is 7.28. The summed E-state index contributed by atoms with van der Waals surface area (Å²) in [4.78, 5) is 0.0972. The van der Waals surface area contributed by atoms with E-state index in [1.54, 1.807) is 32.0 Å². The molecule has 25 heavy (non-hydrogen) atoms. The maximum absolute atomic E-state index is 12.8. The van der Waals surface area contributed by atoms with E-state index in [0.29, 0.717) is 16.9 Å². The molecule has 0 aromatic heterocycles. The van der Waals surface area contributed by atoms with Crippen molar-refractivity contribution in [3.63, 3.8) is 0 Å². The Morgan fingerprint density at radius 3 is 1.96 bits per heavy atom. The standard InChI is InChI=1S/C16H20N2O5S2/c1-11-10-16(12(2)9-15(11)23-3)25(21,22)18-14-8-6-5-7-13(14)17-24(4,19)20/h5-10,17-18H,1-4H3. The molecule has 0 aliphatic heterocycles. The second-order valence-electron chi connectivity index (χ2n) is 5.61. The van der Waals surface area contributed by atoms with Gasteiger partial charge in [-0.05, 0) is 49.2 Å². The van der Waals surface area contributed by atoms with Gasteiger partial charge < -0.3 is 4.74 Å². The molecule has 2 aromatic rings. The van der Waals surface area contributed by atoms with Crippen molar-refractivity contribution in [1.82, 2.24) is 0 Å². The van der Waals surface area contributed by atoms with Gasteiger partial charge in [0.15, 0.2) is 0 Å². The molecular formula is C16H20N2O5S2. The van der Waals surface area contributed by atoms with Gasteiger partial charge in [-0.2, -0.15) is 0 Å². The highest BCUT2D eigenvalue weighted by Crippen LogP contribution is 2.29. The molecule has 9 heteroatoms. The number of methoxy groups -OCH3 is 1. The third-order valence-corrected chi connectivity index (χ3v) is 5.55. The monoisotopic (exact) mass is 384 g/mol. The van der Waals surface area contributed by atoms with Gasteiger partial charge in [0, 0.05) is 0 Å². The van der Waals surface area contributed by atoms with E-state index in [-0.39, 0.29) is 16.3 Å². The van der Waals surface area contributed by atoms with Crippen LogP contribution in [0.2, 0.25) is 0 Å². The molecule has 2 aromatic carbocycles. The fourth-order valence-corrected chi connectivity index (χ4v) is 4.30. The normalized spacial score (nSPS) is 11.8. The molecule has 2 N–H and O–H groups in total. The van der Waals surface area contributed by atoms with Crippen LogP contribution in [0.1, 0.15) is 11.1 Å². The van der Waals surface area contributed by atoms with Crippen LogP contribution in [-0.4, -0.2) is 30.2 Å². The van der Waals surface area contributed by atoms with Gasteiger partial charge in [0.05, 0.1) is 29.6 Å². The van der Waals surface area contributed by atoms with Gasteiger partial charge in [-0.15, -0.1) is 0 Å². The van der Waals surface area contributed by atoms with Crippen LogP contribution in [0.25, 0.3) is 0 Å². The minimum absolute atomic E-state index is 0.0972. The van der Waals surface area contributed by atoms with E-state index in [1.165, 1.54) is 25.3 Å². The molecule has 0 saturated carbocycles.